The maximum atomic E-state index is 13.7. The molecule has 8 rings (SSSR count). The highest BCUT2D eigenvalue weighted by atomic mass is 19.1. The quantitative estimate of drug-likeness (QED) is 0.171. The minimum absolute atomic E-state index is 0.0824. The Morgan fingerprint density at radius 2 is 1.74 bits per heavy atom. The number of hydrogen-bond donors (Lipinski definition) is 4. The van der Waals surface area contributed by atoms with Gasteiger partial charge in [0, 0.05) is 34.3 Å². The molecule has 0 radical (unpaired) electrons. The first-order chi connectivity index (χ1) is 20.6. The highest BCUT2D eigenvalue weighted by Gasteiger charge is 2.36. The summed E-state index contributed by atoms with van der Waals surface area (Å²) in [6.07, 6.45) is 13.1. The van der Waals surface area contributed by atoms with Crippen molar-refractivity contribution in [3.63, 3.8) is 0 Å². The summed E-state index contributed by atoms with van der Waals surface area (Å²) in [5.74, 6) is -0.0825. The number of allylic oxidation sites excluding steroid dienone is 2. The number of carbonyl (C=O) groups is 1. The maximum Gasteiger partial charge on any atom is 0.227 e. The molecule has 1 aliphatic heterocycles. The van der Waals surface area contributed by atoms with Gasteiger partial charge in [-0.3, -0.25) is 14.9 Å². The fourth-order valence-electron chi connectivity index (χ4n) is 6.36. The van der Waals surface area contributed by atoms with Crippen molar-refractivity contribution in [2.24, 2.45) is 5.92 Å². The van der Waals surface area contributed by atoms with Crippen LogP contribution in [0.1, 0.15) is 55.0 Å². The third kappa shape index (κ3) is 4.40. The number of pyridine rings is 1. The summed E-state index contributed by atoms with van der Waals surface area (Å²) in [4.78, 5) is 20.9. The fourth-order valence-corrected chi connectivity index (χ4v) is 6.36. The highest BCUT2D eigenvalue weighted by molar-refractivity contribution is 5.97. The Bertz CT molecular complexity index is 1910. The lowest BCUT2D eigenvalue weighted by Gasteiger charge is -2.20. The monoisotopic (exact) mass is 556 g/mol. The molecule has 208 valence electrons. The molecular weight excluding hydrogens is 527 g/mol. The molecule has 3 aliphatic rings. The molecule has 1 atom stereocenters. The number of halogens is 1. The summed E-state index contributed by atoms with van der Waals surface area (Å²) < 4.78 is 13.7. The smallest absolute Gasteiger partial charge is 0.227 e. The number of nitrogens with one attached hydrogen (secondary N) is 4. The minimum atomic E-state index is -0.253. The van der Waals surface area contributed by atoms with E-state index in [9.17, 15) is 9.18 Å². The largest absolute Gasteiger partial charge is 0.373 e. The Morgan fingerprint density at radius 3 is 2.60 bits per heavy atom. The molecule has 0 bridgehead atoms. The molecule has 42 heavy (non-hydrogen) atoms. The molecule has 1 saturated heterocycles. The van der Waals surface area contributed by atoms with Crippen LogP contribution < -0.4 is 10.6 Å². The van der Waals surface area contributed by atoms with Crippen molar-refractivity contribution in [2.45, 2.75) is 38.1 Å². The van der Waals surface area contributed by atoms with Crippen molar-refractivity contribution in [1.29, 1.82) is 0 Å². The average Bonchev–Trinajstić information content (AvgIpc) is 3.51. The van der Waals surface area contributed by atoms with Gasteiger partial charge in [0.25, 0.3) is 0 Å². The number of hydrogen-bond acceptors (Lipinski definition) is 4. The summed E-state index contributed by atoms with van der Waals surface area (Å²) in [6, 6.07) is 17.0. The Hall–Kier alpha value is -4.98. The van der Waals surface area contributed by atoms with Crippen LogP contribution in [-0.4, -0.2) is 26.1 Å². The van der Waals surface area contributed by atoms with Gasteiger partial charge < -0.3 is 15.6 Å². The van der Waals surface area contributed by atoms with Crippen molar-refractivity contribution in [3.8, 4) is 22.5 Å². The summed E-state index contributed by atoms with van der Waals surface area (Å²) in [7, 11) is 0. The van der Waals surface area contributed by atoms with E-state index < -0.39 is 0 Å². The van der Waals surface area contributed by atoms with Gasteiger partial charge in [-0.25, -0.2) is 4.39 Å². The molecule has 5 aromatic rings. The number of aromatic nitrogens is 4. The molecule has 2 aromatic carbocycles. The molecule has 3 aromatic heterocycles. The molecule has 1 amide bonds. The van der Waals surface area contributed by atoms with Crippen LogP contribution in [0.4, 0.5) is 10.1 Å². The highest BCUT2D eigenvalue weighted by Crippen LogP contribution is 2.44. The van der Waals surface area contributed by atoms with Gasteiger partial charge >= 0.3 is 0 Å². The Labute approximate surface area is 242 Å². The number of anilines is 1. The number of rotatable bonds is 5. The Kier molecular flexibility index (Phi) is 5.80. The molecule has 7 nitrogen and oxygen atoms in total. The molecule has 2 aliphatic carbocycles. The zero-order valence-corrected chi connectivity index (χ0v) is 22.9. The van der Waals surface area contributed by atoms with Crippen LogP contribution in [-0.2, 0) is 4.79 Å². The number of carbonyl (C=O) groups excluding carboxylic acids is 1. The van der Waals surface area contributed by atoms with E-state index in [-0.39, 0.29) is 23.7 Å². The first-order valence-corrected chi connectivity index (χ1v) is 14.5. The van der Waals surface area contributed by atoms with Gasteiger partial charge in [-0.05, 0) is 72.0 Å². The van der Waals surface area contributed by atoms with Crippen LogP contribution in [0.25, 0.3) is 39.0 Å². The van der Waals surface area contributed by atoms with E-state index in [1.165, 1.54) is 18.6 Å². The zero-order valence-electron chi connectivity index (χ0n) is 22.9. The SMILES string of the molecule is O=C(Nc1cncc(-c2ccc3[nH]nc(-c4cc5c([nH]4)C4NC4=CC=C5c4ccc(F)cc4)c3c2)c1)C1CCCCC1. The second kappa shape index (κ2) is 9.83. The lowest BCUT2D eigenvalue weighted by atomic mass is 9.88. The molecule has 4 heterocycles. The zero-order chi connectivity index (χ0) is 28.2. The van der Waals surface area contributed by atoms with Crippen LogP contribution in [0.5, 0.6) is 0 Å². The normalized spacial score (nSPS) is 17.9. The lowest BCUT2D eigenvalue weighted by Crippen LogP contribution is -2.24. The van der Waals surface area contributed by atoms with Gasteiger partial charge in [0.1, 0.15) is 17.6 Å². The van der Waals surface area contributed by atoms with Crippen LogP contribution in [0.2, 0.25) is 0 Å². The average molecular weight is 557 g/mol. The van der Waals surface area contributed by atoms with Gasteiger partial charge in [0.05, 0.1) is 28.8 Å². The van der Waals surface area contributed by atoms with Crippen LogP contribution in [0.15, 0.2) is 84.8 Å². The predicted octanol–water partition coefficient (Wildman–Crippen LogP) is 7.25. The third-order valence-electron chi connectivity index (χ3n) is 8.68. The molecule has 0 spiro atoms. The standard InChI is InChI=1S/C34H29FN6O/c35-23-9-6-19(7-10-23)25-11-13-29-33(38-29)32-26(25)16-30(39-32)31-27-15-21(8-12-28(27)40-41-31)22-14-24(18-36-17-22)37-34(42)20-4-2-1-3-5-20/h6-18,20,33,38-39H,1-5H2,(H,37,42)(H,40,41). The van der Waals surface area contributed by atoms with E-state index >= 15 is 0 Å². The van der Waals surface area contributed by atoms with Crippen molar-refractivity contribution >= 4 is 28.1 Å². The lowest BCUT2D eigenvalue weighted by molar-refractivity contribution is -0.120. The second-order valence-corrected chi connectivity index (χ2v) is 11.4. The van der Waals surface area contributed by atoms with Gasteiger partial charge in [-0.2, -0.15) is 5.10 Å². The molecule has 4 N–H and O–H groups in total. The van der Waals surface area contributed by atoms with E-state index in [1.54, 1.807) is 6.20 Å². The van der Waals surface area contributed by atoms with Crippen molar-refractivity contribution in [2.75, 3.05) is 5.32 Å². The van der Waals surface area contributed by atoms with Crippen LogP contribution >= 0.6 is 0 Å². The first-order valence-electron chi connectivity index (χ1n) is 14.5. The van der Waals surface area contributed by atoms with Crippen LogP contribution in [0.3, 0.4) is 0 Å². The fraction of sp³-hybridized carbons (Fsp3) is 0.206. The van der Waals surface area contributed by atoms with Crippen molar-refractivity contribution < 1.29 is 9.18 Å². The van der Waals surface area contributed by atoms with E-state index in [0.717, 1.165) is 87.2 Å². The number of fused-ring (bicyclic) bond motifs is 4. The number of nitrogens with zero attached hydrogens (tertiary/aromatic N) is 2. The number of aromatic amines is 2. The predicted molar refractivity (Wildman–Crippen MR) is 162 cm³/mol. The number of benzene rings is 2. The number of amides is 1. The Morgan fingerprint density at radius 1 is 0.905 bits per heavy atom. The van der Waals surface area contributed by atoms with E-state index in [4.69, 9.17) is 5.10 Å². The Balaban J connectivity index is 1.13. The molecule has 8 heteroatoms. The van der Waals surface area contributed by atoms with E-state index in [0.29, 0.717) is 5.69 Å². The second-order valence-electron chi connectivity index (χ2n) is 11.4. The van der Waals surface area contributed by atoms with Gasteiger partial charge in [0.15, 0.2) is 0 Å². The van der Waals surface area contributed by atoms with Gasteiger partial charge in [0.2, 0.25) is 5.91 Å². The first kappa shape index (κ1) is 24.8. The molecular formula is C34H29FN6O. The van der Waals surface area contributed by atoms with Gasteiger partial charge in [-0.15, -0.1) is 0 Å². The maximum absolute atomic E-state index is 13.7. The van der Waals surface area contributed by atoms with E-state index in [1.807, 2.05) is 36.5 Å². The van der Waals surface area contributed by atoms with Crippen LogP contribution in [0, 0.1) is 11.7 Å². The summed E-state index contributed by atoms with van der Waals surface area (Å²) in [5, 5.41) is 15.4. The van der Waals surface area contributed by atoms with Gasteiger partial charge in [-0.1, -0.05) is 43.5 Å². The summed E-state index contributed by atoms with van der Waals surface area (Å²) >= 11 is 0. The van der Waals surface area contributed by atoms with Crippen molar-refractivity contribution in [3.05, 3.63) is 107 Å². The minimum Gasteiger partial charge on any atom is -0.373 e. The van der Waals surface area contributed by atoms with E-state index in [2.05, 4.69) is 50.0 Å². The number of H-pyrrole nitrogens is 2. The molecule has 1 saturated carbocycles. The third-order valence-corrected chi connectivity index (χ3v) is 8.68. The van der Waals surface area contributed by atoms with Crippen molar-refractivity contribution in [1.82, 2.24) is 25.5 Å². The summed E-state index contributed by atoms with van der Waals surface area (Å²) in [6.45, 7) is 0. The molecule has 2 fully saturated rings. The molecule has 1 unspecified atom stereocenters. The topological polar surface area (TPSA) is 108 Å². The summed E-state index contributed by atoms with van der Waals surface area (Å²) in [5.41, 5.74) is 10.5.